The van der Waals surface area contributed by atoms with Crippen LogP contribution < -0.4 is 15.6 Å². The van der Waals surface area contributed by atoms with Gasteiger partial charge in [0.15, 0.2) is 5.52 Å². The number of rotatable bonds is 5. The monoisotopic (exact) mass is 442 g/mol. The third kappa shape index (κ3) is 3.99. The van der Waals surface area contributed by atoms with E-state index in [-0.39, 0.29) is 16.2 Å². The molecule has 4 aromatic rings. The van der Waals surface area contributed by atoms with Crippen molar-refractivity contribution in [2.75, 3.05) is 12.4 Å². The Bertz CT molecular complexity index is 1370. The average Bonchev–Trinajstić information content (AvgIpc) is 3.15. The van der Waals surface area contributed by atoms with Gasteiger partial charge in [-0.05, 0) is 37.3 Å². The van der Waals surface area contributed by atoms with E-state index >= 15 is 0 Å². The number of hydrogen-bond acceptors (Lipinski definition) is 6. The van der Waals surface area contributed by atoms with Gasteiger partial charge < -0.3 is 14.6 Å². The van der Waals surface area contributed by atoms with Crippen LogP contribution in [0.3, 0.4) is 0 Å². The second-order valence-corrected chi connectivity index (χ2v) is 7.09. The van der Waals surface area contributed by atoms with Crippen LogP contribution in [0.1, 0.15) is 5.76 Å². The zero-order valence-corrected chi connectivity index (χ0v) is 17.2. The Balaban J connectivity index is 1.74. The highest BCUT2D eigenvalue weighted by molar-refractivity contribution is 6.31. The lowest BCUT2D eigenvalue weighted by molar-refractivity contribution is -0.117. The average molecular weight is 443 g/mol. The van der Waals surface area contributed by atoms with Gasteiger partial charge in [-0.25, -0.2) is 9.07 Å². The SMILES string of the molecule is COc1cccc(-c2nn(CC(=O)Nc3ccc(F)c(Cl)c3)c(=O)c3noc(C)c23)c1. The number of halogens is 2. The lowest BCUT2D eigenvalue weighted by Crippen LogP contribution is -2.30. The highest BCUT2D eigenvalue weighted by Crippen LogP contribution is 2.29. The minimum Gasteiger partial charge on any atom is -0.497 e. The number of nitrogens with one attached hydrogen (secondary N) is 1. The van der Waals surface area contributed by atoms with Gasteiger partial charge in [0.25, 0.3) is 5.56 Å². The molecule has 1 N–H and O–H groups in total. The molecule has 0 saturated heterocycles. The highest BCUT2D eigenvalue weighted by atomic mass is 35.5. The smallest absolute Gasteiger partial charge is 0.297 e. The molecular weight excluding hydrogens is 427 g/mol. The molecule has 2 aromatic carbocycles. The standard InChI is InChI=1S/C21H16ClFN4O4/c1-11-18-19(12-4-3-5-14(8-12)30-2)25-27(21(29)20(18)26-31-11)10-17(28)24-13-6-7-16(23)15(22)9-13/h3-9H,10H2,1-2H3,(H,24,28). The molecule has 0 aliphatic heterocycles. The number of aryl methyl sites for hydroxylation is 1. The normalized spacial score (nSPS) is 11.0. The molecule has 158 valence electrons. The van der Waals surface area contributed by atoms with E-state index < -0.39 is 23.8 Å². The summed E-state index contributed by atoms with van der Waals surface area (Å²) in [6, 6.07) is 10.9. The molecule has 10 heteroatoms. The molecular formula is C21H16ClFN4O4. The summed E-state index contributed by atoms with van der Waals surface area (Å²) in [6.45, 7) is 1.28. The molecule has 2 aromatic heterocycles. The maximum atomic E-state index is 13.3. The lowest BCUT2D eigenvalue weighted by Gasteiger charge is -2.10. The van der Waals surface area contributed by atoms with Crippen LogP contribution in [-0.2, 0) is 11.3 Å². The summed E-state index contributed by atoms with van der Waals surface area (Å²) in [4.78, 5) is 25.3. The Labute approximate surface area is 180 Å². The van der Waals surface area contributed by atoms with Crippen molar-refractivity contribution in [2.24, 2.45) is 0 Å². The maximum absolute atomic E-state index is 13.3. The summed E-state index contributed by atoms with van der Waals surface area (Å²) in [6.07, 6.45) is 0. The Morgan fingerprint density at radius 1 is 1.29 bits per heavy atom. The summed E-state index contributed by atoms with van der Waals surface area (Å²) in [7, 11) is 1.54. The van der Waals surface area contributed by atoms with E-state index in [0.717, 1.165) is 10.7 Å². The van der Waals surface area contributed by atoms with Crippen LogP contribution in [0, 0.1) is 12.7 Å². The minimum absolute atomic E-state index is 0.0583. The fraction of sp³-hybridized carbons (Fsp3) is 0.143. The molecule has 0 aliphatic carbocycles. The molecule has 2 heterocycles. The number of ether oxygens (including phenoxy) is 1. The fourth-order valence-electron chi connectivity index (χ4n) is 3.13. The van der Waals surface area contributed by atoms with Gasteiger partial charge in [-0.1, -0.05) is 28.9 Å². The number of aromatic nitrogens is 3. The van der Waals surface area contributed by atoms with Crippen LogP contribution in [0.15, 0.2) is 51.8 Å². The van der Waals surface area contributed by atoms with Crippen LogP contribution >= 0.6 is 11.6 Å². The van der Waals surface area contributed by atoms with Crippen molar-refractivity contribution in [3.63, 3.8) is 0 Å². The van der Waals surface area contributed by atoms with Crippen LogP contribution in [0.4, 0.5) is 10.1 Å². The van der Waals surface area contributed by atoms with E-state index in [0.29, 0.717) is 28.2 Å². The van der Waals surface area contributed by atoms with E-state index in [2.05, 4.69) is 15.6 Å². The van der Waals surface area contributed by atoms with Crippen LogP contribution in [0.5, 0.6) is 5.75 Å². The number of nitrogens with zero attached hydrogens (tertiary/aromatic N) is 3. The largest absolute Gasteiger partial charge is 0.497 e. The zero-order valence-electron chi connectivity index (χ0n) is 16.5. The minimum atomic E-state index is -0.604. The molecule has 0 spiro atoms. The van der Waals surface area contributed by atoms with Crippen molar-refractivity contribution in [1.29, 1.82) is 0 Å². The predicted molar refractivity (Wildman–Crippen MR) is 113 cm³/mol. The number of fused-ring (bicyclic) bond motifs is 1. The Morgan fingerprint density at radius 2 is 2.10 bits per heavy atom. The van der Waals surface area contributed by atoms with E-state index in [1.807, 2.05) is 0 Å². The number of carbonyl (C=O) groups is 1. The maximum Gasteiger partial charge on any atom is 0.297 e. The third-order valence-electron chi connectivity index (χ3n) is 4.60. The zero-order chi connectivity index (χ0) is 22.1. The molecule has 0 atom stereocenters. The first-order chi connectivity index (χ1) is 14.9. The number of amides is 1. The van der Waals surface area contributed by atoms with Crippen LogP contribution in [0.2, 0.25) is 5.02 Å². The second kappa shape index (κ2) is 8.19. The van der Waals surface area contributed by atoms with Crippen molar-refractivity contribution < 1.29 is 18.4 Å². The Hall–Kier alpha value is -3.72. The molecule has 0 bridgehead atoms. The van der Waals surface area contributed by atoms with Crippen molar-refractivity contribution in [2.45, 2.75) is 13.5 Å². The van der Waals surface area contributed by atoms with Gasteiger partial charge in [-0.3, -0.25) is 9.59 Å². The van der Waals surface area contributed by atoms with Gasteiger partial charge in [-0.15, -0.1) is 0 Å². The highest BCUT2D eigenvalue weighted by Gasteiger charge is 2.20. The van der Waals surface area contributed by atoms with Crippen molar-refractivity contribution in [1.82, 2.24) is 14.9 Å². The van der Waals surface area contributed by atoms with Gasteiger partial charge in [0.2, 0.25) is 5.91 Å². The Kier molecular flexibility index (Phi) is 5.43. The van der Waals surface area contributed by atoms with Gasteiger partial charge in [-0.2, -0.15) is 5.10 Å². The fourth-order valence-corrected chi connectivity index (χ4v) is 3.31. The van der Waals surface area contributed by atoms with Crippen molar-refractivity contribution in [3.05, 3.63) is 69.4 Å². The summed E-state index contributed by atoms with van der Waals surface area (Å²) in [5.41, 5.74) is 0.851. The number of anilines is 1. The van der Waals surface area contributed by atoms with Gasteiger partial charge in [0.1, 0.15) is 29.6 Å². The van der Waals surface area contributed by atoms with Crippen LogP contribution in [0.25, 0.3) is 22.2 Å². The Morgan fingerprint density at radius 3 is 2.84 bits per heavy atom. The first kappa shape index (κ1) is 20.5. The number of methoxy groups -OCH3 is 1. The molecule has 4 rings (SSSR count). The number of hydrogen-bond donors (Lipinski definition) is 1. The van der Waals surface area contributed by atoms with E-state index in [9.17, 15) is 14.0 Å². The quantitative estimate of drug-likeness (QED) is 0.504. The van der Waals surface area contributed by atoms with Gasteiger partial charge in [0.05, 0.1) is 17.5 Å². The molecule has 8 nitrogen and oxygen atoms in total. The molecule has 0 fully saturated rings. The van der Waals surface area contributed by atoms with Gasteiger partial charge in [0, 0.05) is 11.3 Å². The molecule has 31 heavy (non-hydrogen) atoms. The first-order valence-corrected chi connectivity index (χ1v) is 9.51. The molecule has 0 unspecified atom stereocenters. The van der Waals surface area contributed by atoms with Crippen molar-refractivity contribution >= 4 is 34.1 Å². The molecule has 0 radical (unpaired) electrons. The van der Waals surface area contributed by atoms with Crippen molar-refractivity contribution in [3.8, 4) is 17.0 Å². The topological polar surface area (TPSA) is 99.2 Å². The molecule has 0 saturated carbocycles. The first-order valence-electron chi connectivity index (χ1n) is 9.14. The van der Waals surface area contributed by atoms with Crippen LogP contribution in [-0.4, -0.2) is 28.0 Å². The lowest BCUT2D eigenvalue weighted by atomic mass is 10.1. The second-order valence-electron chi connectivity index (χ2n) is 6.68. The summed E-state index contributed by atoms with van der Waals surface area (Å²) in [5.74, 6) is -0.124. The summed E-state index contributed by atoms with van der Waals surface area (Å²) >= 11 is 5.74. The number of benzene rings is 2. The number of carbonyl (C=O) groups excluding carboxylic acids is 1. The summed E-state index contributed by atoms with van der Waals surface area (Å²) in [5, 5.41) is 11.1. The predicted octanol–water partition coefficient (Wildman–Crippen LogP) is 3.80. The van der Waals surface area contributed by atoms with E-state index in [4.69, 9.17) is 20.9 Å². The van der Waals surface area contributed by atoms with E-state index in [1.54, 1.807) is 38.3 Å². The molecule has 1 amide bonds. The van der Waals surface area contributed by atoms with Gasteiger partial charge >= 0.3 is 0 Å². The third-order valence-corrected chi connectivity index (χ3v) is 4.89. The molecule has 0 aliphatic rings. The summed E-state index contributed by atoms with van der Waals surface area (Å²) < 4.78 is 24.8. The van der Waals surface area contributed by atoms with E-state index in [1.165, 1.54) is 12.1 Å².